The normalized spacial score (nSPS) is 18.1. The minimum absolute atomic E-state index is 0.0149. The van der Waals surface area contributed by atoms with Crippen molar-refractivity contribution in [2.24, 2.45) is 0 Å². The van der Waals surface area contributed by atoms with Gasteiger partial charge in [-0.15, -0.1) is 0 Å². The molecule has 0 bridgehead atoms. The Morgan fingerprint density at radius 3 is 2.73 bits per heavy atom. The molecule has 2 rings (SSSR count). The highest BCUT2D eigenvalue weighted by atomic mass is 16.4. The van der Waals surface area contributed by atoms with Gasteiger partial charge >= 0.3 is 5.97 Å². The molecule has 0 spiro atoms. The first-order valence-corrected chi connectivity index (χ1v) is 5.14. The van der Waals surface area contributed by atoms with Gasteiger partial charge in [-0.1, -0.05) is 0 Å². The molecule has 4 nitrogen and oxygen atoms in total. The van der Waals surface area contributed by atoms with Crippen molar-refractivity contribution in [2.75, 3.05) is 7.05 Å². The Morgan fingerprint density at radius 2 is 2.27 bits per heavy atom. The molecule has 1 N–H and O–H groups in total. The average molecular weight is 209 g/mol. The summed E-state index contributed by atoms with van der Waals surface area (Å²) in [4.78, 5) is 12.9. The van der Waals surface area contributed by atoms with Crippen LogP contribution in [0.15, 0.2) is 16.5 Å². The summed E-state index contributed by atoms with van der Waals surface area (Å²) in [6.45, 7) is 2.03. The van der Waals surface area contributed by atoms with E-state index >= 15 is 0 Å². The third kappa shape index (κ3) is 2.04. The van der Waals surface area contributed by atoms with Crippen LogP contribution in [0.4, 0.5) is 0 Å². The summed E-state index contributed by atoms with van der Waals surface area (Å²) < 4.78 is 5.26. The molecule has 15 heavy (non-hydrogen) atoms. The molecular formula is C11H15NO3. The summed E-state index contributed by atoms with van der Waals surface area (Å²) >= 11 is 0. The third-order valence-electron chi connectivity index (χ3n) is 2.98. The monoisotopic (exact) mass is 209 g/mol. The Bertz CT molecular complexity index is 368. The van der Waals surface area contributed by atoms with Gasteiger partial charge in [0.2, 0.25) is 5.76 Å². The number of carbonyl (C=O) groups is 1. The number of aromatic carboxylic acids is 1. The van der Waals surface area contributed by atoms with Gasteiger partial charge in [-0.2, -0.15) is 0 Å². The molecule has 1 unspecified atom stereocenters. The lowest BCUT2D eigenvalue weighted by molar-refractivity contribution is 0.0656. The van der Waals surface area contributed by atoms with E-state index in [0.717, 1.165) is 5.76 Å². The summed E-state index contributed by atoms with van der Waals surface area (Å²) in [5, 5.41) is 8.73. The lowest BCUT2D eigenvalue weighted by Crippen LogP contribution is -2.24. The molecule has 1 heterocycles. The molecular weight excluding hydrogens is 194 g/mol. The standard InChI is InChI=1S/C11H15NO3/c1-7(12(2)8-3-4-8)9-5-6-10(15-9)11(13)14/h5-8H,3-4H2,1-2H3,(H,13,14). The van der Waals surface area contributed by atoms with E-state index in [9.17, 15) is 4.79 Å². The van der Waals surface area contributed by atoms with Gasteiger partial charge in [0.15, 0.2) is 0 Å². The van der Waals surface area contributed by atoms with E-state index in [1.165, 1.54) is 18.9 Å². The predicted octanol–water partition coefficient (Wildman–Crippen LogP) is 2.13. The molecule has 0 amide bonds. The van der Waals surface area contributed by atoms with Gasteiger partial charge in [0.25, 0.3) is 0 Å². The summed E-state index contributed by atoms with van der Waals surface area (Å²) in [6, 6.07) is 4.03. The Balaban J connectivity index is 2.10. The molecule has 1 aromatic heterocycles. The summed E-state index contributed by atoms with van der Waals surface area (Å²) in [6.07, 6.45) is 2.46. The van der Waals surface area contributed by atoms with Crippen molar-refractivity contribution in [1.82, 2.24) is 4.90 Å². The van der Waals surface area contributed by atoms with Crippen LogP contribution in [0.5, 0.6) is 0 Å². The van der Waals surface area contributed by atoms with Crippen molar-refractivity contribution in [3.05, 3.63) is 23.7 Å². The molecule has 0 aromatic carbocycles. The molecule has 1 saturated carbocycles. The Labute approximate surface area is 88.5 Å². The molecule has 1 aliphatic rings. The minimum atomic E-state index is -1.01. The highest BCUT2D eigenvalue weighted by molar-refractivity contribution is 5.84. The summed E-state index contributed by atoms with van der Waals surface area (Å²) in [5.74, 6) is -0.273. The molecule has 82 valence electrons. The van der Waals surface area contributed by atoms with Crippen LogP contribution < -0.4 is 0 Å². The fourth-order valence-corrected chi connectivity index (χ4v) is 1.69. The van der Waals surface area contributed by atoms with Crippen LogP contribution >= 0.6 is 0 Å². The highest BCUT2D eigenvalue weighted by Gasteiger charge is 2.31. The van der Waals surface area contributed by atoms with E-state index in [-0.39, 0.29) is 11.8 Å². The number of nitrogens with zero attached hydrogens (tertiary/aromatic N) is 1. The smallest absolute Gasteiger partial charge is 0.371 e. The second kappa shape index (κ2) is 3.70. The fraction of sp³-hybridized carbons (Fsp3) is 0.545. The molecule has 4 heteroatoms. The van der Waals surface area contributed by atoms with Gasteiger partial charge in [-0.3, -0.25) is 4.90 Å². The summed E-state index contributed by atoms with van der Waals surface area (Å²) in [5.41, 5.74) is 0. The Hall–Kier alpha value is -1.29. The number of rotatable bonds is 4. The zero-order valence-electron chi connectivity index (χ0n) is 8.93. The first kappa shape index (κ1) is 10.2. The zero-order chi connectivity index (χ0) is 11.0. The van der Waals surface area contributed by atoms with Gasteiger partial charge in [0.1, 0.15) is 5.76 Å². The summed E-state index contributed by atoms with van der Waals surface area (Å²) in [7, 11) is 2.05. The van der Waals surface area contributed by atoms with Crippen LogP contribution in [-0.4, -0.2) is 29.1 Å². The van der Waals surface area contributed by atoms with Gasteiger partial charge in [0, 0.05) is 6.04 Å². The van der Waals surface area contributed by atoms with Crippen molar-refractivity contribution in [2.45, 2.75) is 31.8 Å². The maximum absolute atomic E-state index is 10.6. The number of carboxylic acids is 1. The number of furan rings is 1. The first-order valence-electron chi connectivity index (χ1n) is 5.14. The van der Waals surface area contributed by atoms with Crippen LogP contribution in [-0.2, 0) is 0 Å². The maximum atomic E-state index is 10.6. The minimum Gasteiger partial charge on any atom is -0.475 e. The molecule has 1 fully saturated rings. The molecule has 0 saturated heterocycles. The average Bonchev–Trinajstić information content (AvgIpc) is 2.93. The SMILES string of the molecule is CC(c1ccc(C(=O)O)o1)N(C)C1CC1. The van der Waals surface area contributed by atoms with Crippen molar-refractivity contribution >= 4 is 5.97 Å². The number of hydrogen-bond acceptors (Lipinski definition) is 3. The zero-order valence-corrected chi connectivity index (χ0v) is 8.93. The van der Waals surface area contributed by atoms with Gasteiger partial charge in [0.05, 0.1) is 6.04 Å². The van der Waals surface area contributed by atoms with Gasteiger partial charge < -0.3 is 9.52 Å². The Kier molecular flexibility index (Phi) is 2.52. The van der Waals surface area contributed by atoms with Crippen molar-refractivity contribution in [1.29, 1.82) is 0 Å². The molecule has 1 aliphatic carbocycles. The van der Waals surface area contributed by atoms with Crippen molar-refractivity contribution in [3.63, 3.8) is 0 Å². The van der Waals surface area contributed by atoms with E-state index in [4.69, 9.17) is 9.52 Å². The molecule has 1 atom stereocenters. The van der Waals surface area contributed by atoms with Crippen LogP contribution in [0.1, 0.15) is 42.1 Å². The van der Waals surface area contributed by atoms with Crippen LogP contribution in [0, 0.1) is 0 Å². The molecule has 0 radical (unpaired) electrons. The van der Waals surface area contributed by atoms with Crippen molar-refractivity contribution < 1.29 is 14.3 Å². The van der Waals surface area contributed by atoms with E-state index in [1.807, 2.05) is 14.0 Å². The van der Waals surface area contributed by atoms with Crippen molar-refractivity contribution in [3.8, 4) is 0 Å². The van der Waals surface area contributed by atoms with E-state index in [1.54, 1.807) is 6.07 Å². The van der Waals surface area contributed by atoms with Gasteiger partial charge in [-0.25, -0.2) is 4.79 Å². The Morgan fingerprint density at radius 1 is 1.60 bits per heavy atom. The fourth-order valence-electron chi connectivity index (χ4n) is 1.69. The maximum Gasteiger partial charge on any atom is 0.371 e. The third-order valence-corrected chi connectivity index (χ3v) is 2.98. The van der Waals surface area contributed by atoms with Gasteiger partial charge in [-0.05, 0) is 38.9 Å². The number of carboxylic acid groups (broad SMARTS) is 1. The molecule has 1 aromatic rings. The van der Waals surface area contributed by atoms with E-state index in [0.29, 0.717) is 6.04 Å². The lowest BCUT2D eigenvalue weighted by Gasteiger charge is -2.22. The topological polar surface area (TPSA) is 53.7 Å². The lowest BCUT2D eigenvalue weighted by atomic mass is 10.2. The largest absolute Gasteiger partial charge is 0.475 e. The highest BCUT2D eigenvalue weighted by Crippen LogP contribution is 2.33. The second-order valence-electron chi connectivity index (χ2n) is 4.08. The first-order chi connectivity index (χ1) is 7.09. The molecule has 0 aliphatic heterocycles. The van der Waals surface area contributed by atoms with Crippen LogP contribution in [0.3, 0.4) is 0 Å². The quantitative estimate of drug-likeness (QED) is 0.825. The van der Waals surface area contributed by atoms with E-state index < -0.39 is 5.97 Å². The van der Waals surface area contributed by atoms with E-state index in [2.05, 4.69) is 4.90 Å². The number of hydrogen-bond donors (Lipinski definition) is 1. The predicted molar refractivity (Wildman–Crippen MR) is 54.9 cm³/mol. The van der Waals surface area contributed by atoms with Crippen LogP contribution in [0.25, 0.3) is 0 Å². The second-order valence-corrected chi connectivity index (χ2v) is 4.08. The van der Waals surface area contributed by atoms with Crippen LogP contribution in [0.2, 0.25) is 0 Å².